The van der Waals surface area contributed by atoms with Crippen molar-refractivity contribution < 1.29 is 14.3 Å². The number of benzene rings is 2. The van der Waals surface area contributed by atoms with Crippen LogP contribution in [0.1, 0.15) is 30.0 Å². The first-order chi connectivity index (χ1) is 14.0. The van der Waals surface area contributed by atoms with E-state index in [1.165, 1.54) is 5.56 Å². The van der Waals surface area contributed by atoms with Crippen LogP contribution in [0.5, 0.6) is 5.75 Å². The number of hydrogen-bond acceptors (Lipinski definition) is 4. The summed E-state index contributed by atoms with van der Waals surface area (Å²) in [5.41, 5.74) is 3.26. The summed E-state index contributed by atoms with van der Waals surface area (Å²) in [5.74, 6) is 0.542. The highest BCUT2D eigenvalue weighted by atomic mass is 35.5. The number of nitrogens with one attached hydrogen (secondary N) is 1. The van der Waals surface area contributed by atoms with Gasteiger partial charge < -0.3 is 14.8 Å². The Bertz CT molecular complexity index is 822. The van der Waals surface area contributed by atoms with Crippen LogP contribution < -0.4 is 10.1 Å². The minimum atomic E-state index is -0.535. The summed E-state index contributed by atoms with van der Waals surface area (Å²) in [7, 11) is 0. The van der Waals surface area contributed by atoms with E-state index in [0.717, 1.165) is 44.0 Å². The van der Waals surface area contributed by atoms with Crippen LogP contribution in [0.25, 0.3) is 0 Å². The van der Waals surface area contributed by atoms with Gasteiger partial charge in [-0.15, -0.1) is 0 Å². The fourth-order valence-corrected chi connectivity index (χ4v) is 3.45. The third-order valence-corrected chi connectivity index (χ3v) is 5.46. The monoisotopic (exact) mass is 416 g/mol. The molecular weight excluding hydrogens is 388 g/mol. The number of nitrogens with zero attached hydrogens (tertiary/aromatic N) is 1. The first-order valence-corrected chi connectivity index (χ1v) is 10.5. The summed E-state index contributed by atoms with van der Waals surface area (Å²) < 4.78 is 11.3. The zero-order valence-corrected chi connectivity index (χ0v) is 17.9. The van der Waals surface area contributed by atoms with Gasteiger partial charge in [-0.25, -0.2) is 0 Å². The van der Waals surface area contributed by atoms with Crippen molar-refractivity contribution in [1.82, 2.24) is 10.2 Å². The zero-order valence-electron chi connectivity index (χ0n) is 17.1. The van der Waals surface area contributed by atoms with Crippen LogP contribution in [0.15, 0.2) is 42.5 Å². The molecule has 1 N–H and O–H groups in total. The Morgan fingerprint density at radius 1 is 1.21 bits per heavy atom. The predicted molar refractivity (Wildman–Crippen MR) is 115 cm³/mol. The lowest BCUT2D eigenvalue weighted by Gasteiger charge is -2.26. The Balaban J connectivity index is 1.54. The van der Waals surface area contributed by atoms with Gasteiger partial charge in [-0.05, 0) is 48.2 Å². The molecule has 29 heavy (non-hydrogen) atoms. The van der Waals surface area contributed by atoms with Crippen LogP contribution in [0.2, 0.25) is 5.02 Å². The second-order valence-corrected chi connectivity index (χ2v) is 7.76. The van der Waals surface area contributed by atoms with Crippen molar-refractivity contribution in [2.45, 2.75) is 39.5 Å². The van der Waals surface area contributed by atoms with E-state index in [2.05, 4.69) is 22.3 Å². The fourth-order valence-electron chi connectivity index (χ4n) is 3.34. The second-order valence-electron chi connectivity index (χ2n) is 7.35. The fraction of sp³-hybridized carbons (Fsp3) is 0.435. The van der Waals surface area contributed by atoms with Crippen molar-refractivity contribution in [2.24, 2.45) is 0 Å². The third-order valence-electron chi connectivity index (χ3n) is 5.04. The molecule has 6 heteroatoms. The molecule has 1 atom stereocenters. The number of carbonyl (C=O) groups excluding carboxylic acids is 1. The summed E-state index contributed by atoms with van der Waals surface area (Å²) in [4.78, 5) is 15.0. The Hall–Kier alpha value is -2.08. The van der Waals surface area contributed by atoms with Crippen LogP contribution >= 0.6 is 11.6 Å². The number of rotatable bonds is 8. The van der Waals surface area contributed by atoms with E-state index < -0.39 is 6.10 Å². The van der Waals surface area contributed by atoms with Gasteiger partial charge in [-0.2, -0.15) is 0 Å². The highest BCUT2D eigenvalue weighted by Crippen LogP contribution is 2.22. The summed E-state index contributed by atoms with van der Waals surface area (Å²) in [6.45, 7) is 8.75. The van der Waals surface area contributed by atoms with Crippen LogP contribution in [0.4, 0.5) is 0 Å². The molecule has 156 valence electrons. The van der Waals surface area contributed by atoms with Crippen molar-refractivity contribution in [3.63, 3.8) is 0 Å². The Morgan fingerprint density at radius 2 is 1.97 bits per heavy atom. The van der Waals surface area contributed by atoms with E-state index in [1.807, 2.05) is 32.0 Å². The van der Waals surface area contributed by atoms with Crippen LogP contribution in [0.3, 0.4) is 0 Å². The average molecular weight is 417 g/mol. The number of carbonyl (C=O) groups is 1. The molecule has 5 nitrogen and oxygen atoms in total. The van der Waals surface area contributed by atoms with Gasteiger partial charge in [0.15, 0.2) is 6.10 Å². The van der Waals surface area contributed by atoms with Crippen molar-refractivity contribution in [1.29, 1.82) is 0 Å². The van der Waals surface area contributed by atoms with Crippen LogP contribution in [-0.2, 0) is 22.6 Å². The second kappa shape index (κ2) is 10.6. The molecule has 3 rings (SSSR count). The van der Waals surface area contributed by atoms with E-state index >= 15 is 0 Å². The molecule has 0 radical (unpaired) electrons. The van der Waals surface area contributed by atoms with Gasteiger partial charge in [0.2, 0.25) is 0 Å². The molecule has 0 spiro atoms. The largest absolute Gasteiger partial charge is 0.481 e. The van der Waals surface area contributed by atoms with Gasteiger partial charge in [0.05, 0.1) is 13.2 Å². The molecule has 0 unspecified atom stereocenters. The highest BCUT2D eigenvalue weighted by molar-refractivity contribution is 6.31. The summed E-state index contributed by atoms with van der Waals surface area (Å²) in [5, 5.41) is 3.69. The summed E-state index contributed by atoms with van der Waals surface area (Å²) in [6, 6.07) is 13.8. The van der Waals surface area contributed by atoms with Crippen molar-refractivity contribution >= 4 is 17.5 Å². The van der Waals surface area contributed by atoms with Crippen molar-refractivity contribution in [3.8, 4) is 5.75 Å². The number of aryl methyl sites for hydroxylation is 1. The normalized spacial score (nSPS) is 15.7. The van der Waals surface area contributed by atoms with Crippen LogP contribution in [-0.4, -0.2) is 43.2 Å². The van der Waals surface area contributed by atoms with Crippen molar-refractivity contribution in [3.05, 3.63) is 64.2 Å². The minimum absolute atomic E-state index is 0.112. The van der Waals surface area contributed by atoms with Crippen LogP contribution in [0, 0.1) is 6.92 Å². The van der Waals surface area contributed by atoms with E-state index in [1.54, 1.807) is 12.1 Å². The minimum Gasteiger partial charge on any atom is -0.481 e. The molecule has 0 aromatic heterocycles. The number of morpholine rings is 1. The SMILES string of the molecule is CC[C@H](Oc1ccc(Cl)c(C)c1)C(=O)NCc1cccc(CN2CCOCC2)c1. The Morgan fingerprint density at radius 3 is 2.69 bits per heavy atom. The quantitative estimate of drug-likeness (QED) is 0.707. The lowest BCUT2D eigenvalue weighted by Crippen LogP contribution is -2.37. The highest BCUT2D eigenvalue weighted by Gasteiger charge is 2.18. The lowest BCUT2D eigenvalue weighted by molar-refractivity contribution is -0.128. The zero-order chi connectivity index (χ0) is 20.6. The first-order valence-electron chi connectivity index (χ1n) is 10.1. The maximum absolute atomic E-state index is 12.6. The molecule has 1 aliphatic rings. The predicted octanol–water partition coefficient (Wildman–Crippen LogP) is 3.95. The lowest BCUT2D eigenvalue weighted by atomic mass is 10.1. The van der Waals surface area contributed by atoms with Crippen molar-refractivity contribution in [2.75, 3.05) is 26.3 Å². The first kappa shape index (κ1) is 21.6. The average Bonchev–Trinajstić information content (AvgIpc) is 2.74. The maximum Gasteiger partial charge on any atom is 0.261 e. The molecule has 2 aromatic carbocycles. The molecule has 1 aliphatic heterocycles. The number of halogens is 1. The van der Waals surface area contributed by atoms with E-state index in [0.29, 0.717) is 23.7 Å². The van der Waals surface area contributed by atoms with E-state index in [4.69, 9.17) is 21.1 Å². The molecule has 0 bridgehead atoms. The Kier molecular flexibility index (Phi) is 7.92. The Labute approximate surface area is 177 Å². The van der Waals surface area contributed by atoms with Gasteiger partial charge >= 0.3 is 0 Å². The standard InChI is InChI=1S/C23H29ClN2O3/c1-3-22(29-20-7-8-21(24)17(2)13-20)23(27)25-15-18-5-4-6-19(14-18)16-26-9-11-28-12-10-26/h4-8,13-14,22H,3,9-12,15-16H2,1-2H3,(H,25,27)/t22-/m0/s1. The number of hydrogen-bond donors (Lipinski definition) is 1. The topological polar surface area (TPSA) is 50.8 Å². The van der Waals surface area contributed by atoms with Gasteiger partial charge in [0.1, 0.15) is 5.75 Å². The molecule has 1 amide bonds. The number of ether oxygens (including phenoxy) is 2. The van der Waals surface area contributed by atoms with Gasteiger partial charge in [-0.1, -0.05) is 42.8 Å². The number of amides is 1. The molecule has 2 aromatic rings. The molecule has 1 fully saturated rings. The smallest absolute Gasteiger partial charge is 0.261 e. The molecule has 1 heterocycles. The molecule has 0 saturated carbocycles. The summed E-state index contributed by atoms with van der Waals surface area (Å²) in [6.07, 6.45) is 0.0528. The molecule has 0 aliphatic carbocycles. The summed E-state index contributed by atoms with van der Waals surface area (Å²) >= 11 is 6.06. The molecular formula is C23H29ClN2O3. The van der Waals surface area contributed by atoms with Gasteiger partial charge in [0, 0.05) is 31.2 Å². The van der Waals surface area contributed by atoms with Gasteiger partial charge in [0.25, 0.3) is 5.91 Å². The van der Waals surface area contributed by atoms with E-state index in [-0.39, 0.29) is 5.91 Å². The maximum atomic E-state index is 12.6. The molecule has 1 saturated heterocycles. The third kappa shape index (κ3) is 6.46. The van der Waals surface area contributed by atoms with E-state index in [9.17, 15) is 4.79 Å². The van der Waals surface area contributed by atoms with Gasteiger partial charge in [-0.3, -0.25) is 9.69 Å².